The lowest BCUT2D eigenvalue weighted by molar-refractivity contribution is -0.132. The standard InChI is InChI=1S/C12H21N5O3S2/c1-4-9(2)17(10-5-6-22(19,20)8-10)11(18)7-21-12-13-14-15-16(12)3/h9-10H,4-8H2,1-3H3/t9-,10+/m1/s1. The number of nitrogens with zero attached hydrogens (tertiary/aromatic N) is 5. The Morgan fingerprint density at radius 1 is 1.55 bits per heavy atom. The van der Waals surface area contributed by atoms with Crippen molar-refractivity contribution in [3.8, 4) is 0 Å². The molecule has 0 N–H and O–H groups in total. The molecule has 1 amide bonds. The third-order valence-corrected chi connectivity index (χ3v) is 6.61. The summed E-state index contributed by atoms with van der Waals surface area (Å²) in [5.41, 5.74) is 0. The minimum Gasteiger partial charge on any atom is -0.335 e. The van der Waals surface area contributed by atoms with Crippen molar-refractivity contribution in [1.29, 1.82) is 0 Å². The van der Waals surface area contributed by atoms with Crippen LogP contribution in [0.5, 0.6) is 0 Å². The van der Waals surface area contributed by atoms with Gasteiger partial charge in [0.1, 0.15) is 0 Å². The Kier molecular flexibility index (Phi) is 5.43. The molecule has 2 heterocycles. The second-order valence-corrected chi connectivity index (χ2v) is 8.66. The molecule has 2 atom stereocenters. The van der Waals surface area contributed by atoms with Crippen molar-refractivity contribution < 1.29 is 13.2 Å². The number of tetrazole rings is 1. The molecule has 0 unspecified atom stereocenters. The van der Waals surface area contributed by atoms with Crippen molar-refractivity contribution in [2.75, 3.05) is 17.3 Å². The number of hydrogen-bond donors (Lipinski definition) is 0. The highest BCUT2D eigenvalue weighted by molar-refractivity contribution is 7.99. The van der Waals surface area contributed by atoms with Crippen LogP contribution < -0.4 is 0 Å². The summed E-state index contributed by atoms with van der Waals surface area (Å²) in [6.45, 7) is 3.95. The van der Waals surface area contributed by atoms with Crippen LogP contribution in [0.1, 0.15) is 26.7 Å². The lowest BCUT2D eigenvalue weighted by Crippen LogP contribution is -2.47. The molecule has 0 spiro atoms. The average molecular weight is 347 g/mol. The first-order valence-electron chi connectivity index (χ1n) is 7.20. The van der Waals surface area contributed by atoms with E-state index in [2.05, 4.69) is 15.5 Å². The van der Waals surface area contributed by atoms with Crippen LogP contribution in [0, 0.1) is 0 Å². The van der Waals surface area contributed by atoms with E-state index in [1.54, 1.807) is 11.9 Å². The van der Waals surface area contributed by atoms with Crippen LogP contribution in [0.25, 0.3) is 0 Å². The van der Waals surface area contributed by atoms with E-state index in [0.717, 1.165) is 6.42 Å². The quantitative estimate of drug-likeness (QED) is 0.674. The number of thioether (sulfide) groups is 1. The van der Waals surface area contributed by atoms with Crippen LogP contribution in [0.3, 0.4) is 0 Å². The van der Waals surface area contributed by atoms with E-state index in [9.17, 15) is 13.2 Å². The van der Waals surface area contributed by atoms with Gasteiger partial charge in [0.2, 0.25) is 11.1 Å². The van der Waals surface area contributed by atoms with E-state index in [1.807, 2.05) is 13.8 Å². The van der Waals surface area contributed by atoms with Crippen molar-refractivity contribution in [3.63, 3.8) is 0 Å². The molecule has 124 valence electrons. The van der Waals surface area contributed by atoms with Crippen molar-refractivity contribution in [2.45, 2.75) is 43.9 Å². The molecule has 1 fully saturated rings. The number of sulfone groups is 1. The Morgan fingerprint density at radius 2 is 2.27 bits per heavy atom. The minimum absolute atomic E-state index is 0.0176. The summed E-state index contributed by atoms with van der Waals surface area (Å²) < 4.78 is 24.9. The van der Waals surface area contributed by atoms with Gasteiger partial charge in [-0.1, -0.05) is 18.7 Å². The first kappa shape index (κ1) is 17.2. The van der Waals surface area contributed by atoms with Crippen molar-refractivity contribution in [3.05, 3.63) is 0 Å². The van der Waals surface area contributed by atoms with Gasteiger partial charge in [-0.05, 0) is 30.2 Å². The maximum atomic E-state index is 12.6. The van der Waals surface area contributed by atoms with Gasteiger partial charge in [0, 0.05) is 19.1 Å². The third-order valence-electron chi connectivity index (χ3n) is 3.86. The smallest absolute Gasteiger partial charge is 0.233 e. The monoisotopic (exact) mass is 347 g/mol. The number of carbonyl (C=O) groups excluding carboxylic acids is 1. The normalized spacial score (nSPS) is 21.7. The van der Waals surface area contributed by atoms with E-state index >= 15 is 0 Å². The molecule has 1 aromatic rings. The molecule has 0 bridgehead atoms. The molecule has 1 aliphatic rings. The van der Waals surface area contributed by atoms with Crippen LogP contribution in [0.2, 0.25) is 0 Å². The molecule has 22 heavy (non-hydrogen) atoms. The Hall–Kier alpha value is -1.16. The Bertz CT molecular complexity index is 630. The number of aryl methyl sites for hydroxylation is 1. The van der Waals surface area contributed by atoms with Crippen LogP contribution in [-0.2, 0) is 21.7 Å². The molecule has 0 aromatic carbocycles. The number of rotatable bonds is 6. The molecule has 8 nitrogen and oxygen atoms in total. The van der Waals surface area contributed by atoms with Crippen LogP contribution in [0.15, 0.2) is 5.16 Å². The second kappa shape index (κ2) is 6.95. The molecule has 0 saturated carbocycles. The van der Waals surface area contributed by atoms with Gasteiger partial charge in [-0.2, -0.15) is 0 Å². The zero-order chi connectivity index (χ0) is 16.3. The van der Waals surface area contributed by atoms with E-state index in [1.165, 1.54) is 16.4 Å². The topological polar surface area (TPSA) is 98.1 Å². The summed E-state index contributed by atoms with van der Waals surface area (Å²) in [4.78, 5) is 14.3. The van der Waals surface area contributed by atoms with Crippen molar-refractivity contribution >= 4 is 27.5 Å². The fraction of sp³-hybridized carbons (Fsp3) is 0.833. The molecule has 0 aliphatic carbocycles. The summed E-state index contributed by atoms with van der Waals surface area (Å²) in [5.74, 6) is 0.372. The van der Waals surface area contributed by atoms with Crippen molar-refractivity contribution in [2.24, 2.45) is 7.05 Å². The fourth-order valence-electron chi connectivity index (χ4n) is 2.55. The van der Waals surface area contributed by atoms with E-state index in [-0.39, 0.29) is 35.2 Å². The second-order valence-electron chi connectivity index (χ2n) is 5.49. The summed E-state index contributed by atoms with van der Waals surface area (Å²) in [6, 6.07) is -0.199. The third kappa shape index (κ3) is 3.97. The largest absolute Gasteiger partial charge is 0.335 e. The van der Waals surface area contributed by atoms with Crippen LogP contribution in [-0.4, -0.2) is 68.8 Å². The zero-order valence-electron chi connectivity index (χ0n) is 13.0. The lowest BCUT2D eigenvalue weighted by atomic mass is 10.1. The fourth-order valence-corrected chi connectivity index (χ4v) is 4.98. The van der Waals surface area contributed by atoms with Gasteiger partial charge in [-0.15, -0.1) is 5.10 Å². The van der Waals surface area contributed by atoms with E-state index < -0.39 is 9.84 Å². The predicted octanol–water partition coefficient (Wildman–Crippen LogP) is 0.116. The number of hydrogen-bond acceptors (Lipinski definition) is 7. The first-order valence-corrected chi connectivity index (χ1v) is 10.0. The maximum Gasteiger partial charge on any atom is 0.233 e. The predicted molar refractivity (Wildman–Crippen MR) is 83.2 cm³/mol. The van der Waals surface area contributed by atoms with Crippen LogP contribution >= 0.6 is 11.8 Å². The molecule has 0 radical (unpaired) electrons. The van der Waals surface area contributed by atoms with Crippen LogP contribution in [0.4, 0.5) is 0 Å². The molecule has 2 rings (SSSR count). The summed E-state index contributed by atoms with van der Waals surface area (Å²) >= 11 is 1.26. The highest BCUT2D eigenvalue weighted by Crippen LogP contribution is 2.23. The first-order chi connectivity index (χ1) is 10.3. The average Bonchev–Trinajstić information content (AvgIpc) is 3.02. The SMILES string of the molecule is CC[C@@H](C)N(C(=O)CSc1nnnn1C)[C@H]1CCS(=O)(=O)C1. The number of amides is 1. The molecular weight excluding hydrogens is 326 g/mol. The van der Waals surface area contributed by atoms with Gasteiger partial charge in [0.25, 0.3) is 0 Å². The van der Waals surface area contributed by atoms with Gasteiger partial charge in [0.15, 0.2) is 9.84 Å². The number of carbonyl (C=O) groups is 1. The van der Waals surface area contributed by atoms with Gasteiger partial charge in [-0.3, -0.25) is 4.79 Å². The molecule has 10 heteroatoms. The molecule has 1 aliphatic heterocycles. The van der Waals surface area contributed by atoms with E-state index in [4.69, 9.17) is 0 Å². The van der Waals surface area contributed by atoms with Gasteiger partial charge >= 0.3 is 0 Å². The van der Waals surface area contributed by atoms with Gasteiger partial charge in [-0.25, -0.2) is 13.1 Å². The highest BCUT2D eigenvalue weighted by atomic mass is 32.2. The molecule has 1 saturated heterocycles. The Morgan fingerprint density at radius 3 is 2.77 bits per heavy atom. The molecule has 1 aromatic heterocycles. The summed E-state index contributed by atoms with van der Waals surface area (Å²) in [6.07, 6.45) is 1.31. The Balaban J connectivity index is 2.05. The van der Waals surface area contributed by atoms with Crippen molar-refractivity contribution in [1.82, 2.24) is 25.1 Å². The zero-order valence-corrected chi connectivity index (χ0v) is 14.6. The number of aromatic nitrogens is 4. The van der Waals surface area contributed by atoms with Gasteiger partial charge < -0.3 is 4.90 Å². The maximum absolute atomic E-state index is 12.6. The minimum atomic E-state index is -3.02. The summed E-state index contributed by atoms with van der Waals surface area (Å²) in [5, 5.41) is 11.6. The van der Waals surface area contributed by atoms with Gasteiger partial charge in [0.05, 0.1) is 17.3 Å². The highest BCUT2D eigenvalue weighted by Gasteiger charge is 2.36. The van der Waals surface area contributed by atoms with E-state index in [0.29, 0.717) is 11.6 Å². The summed E-state index contributed by atoms with van der Waals surface area (Å²) in [7, 11) is -1.31. The lowest BCUT2D eigenvalue weighted by Gasteiger charge is -2.33. The Labute approximate surface area is 134 Å². The molecular formula is C12H21N5O3S2.